The van der Waals surface area contributed by atoms with Gasteiger partial charge in [-0.15, -0.1) is 0 Å². The predicted molar refractivity (Wildman–Crippen MR) is 83.4 cm³/mol. The summed E-state index contributed by atoms with van der Waals surface area (Å²) in [5.41, 5.74) is 1.13. The number of hydrogen-bond donors (Lipinski definition) is 2. The minimum Gasteiger partial charge on any atom is -0.310 e. The Morgan fingerprint density at radius 1 is 1.14 bits per heavy atom. The van der Waals surface area contributed by atoms with Crippen LogP contribution in [0, 0.1) is 5.92 Å². The third-order valence-corrected chi connectivity index (χ3v) is 6.18. The molecule has 0 saturated heterocycles. The first-order valence-corrected chi connectivity index (χ1v) is 9.37. The number of nitrogens with one attached hydrogen (secondary N) is 2. The summed E-state index contributed by atoms with van der Waals surface area (Å²) in [7, 11) is -3.39. The van der Waals surface area contributed by atoms with E-state index in [2.05, 4.69) is 10.0 Å². The maximum absolute atomic E-state index is 12.3. The Hall–Kier alpha value is -0.910. The molecule has 0 bridgehead atoms. The minimum absolute atomic E-state index is 0.0277. The second kappa shape index (κ2) is 6.07. The van der Waals surface area contributed by atoms with Gasteiger partial charge in [-0.25, -0.2) is 13.1 Å². The summed E-state index contributed by atoms with van der Waals surface area (Å²) >= 11 is 0. The van der Waals surface area contributed by atoms with Gasteiger partial charge in [-0.3, -0.25) is 0 Å². The van der Waals surface area contributed by atoms with Crippen LogP contribution in [0.3, 0.4) is 0 Å². The van der Waals surface area contributed by atoms with Crippen molar-refractivity contribution < 1.29 is 8.42 Å². The molecule has 0 spiro atoms. The van der Waals surface area contributed by atoms with Gasteiger partial charge in [0.25, 0.3) is 0 Å². The van der Waals surface area contributed by atoms with Gasteiger partial charge in [0.2, 0.25) is 10.0 Å². The third-order valence-electron chi connectivity index (χ3n) is 4.60. The van der Waals surface area contributed by atoms with Crippen molar-refractivity contribution in [1.82, 2.24) is 10.0 Å². The molecule has 0 aliphatic heterocycles. The van der Waals surface area contributed by atoms with Crippen molar-refractivity contribution in [2.24, 2.45) is 5.92 Å². The fourth-order valence-corrected chi connectivity index (χ4v) is 4.00. The molecular weight excluding hydrogens is 284 g/mol. The zero-order chi connectivity index (χ0) is 14.9. The molecule has 0 aromatic heterocycles. The van der Waals surface area contributed by atoms with Gasteiger partial charge >= 0.3 is 0 Å². The lowest BCUT2D eigenvalue weighted by Gasteiger charge is -2.31. The Morgan fingerprint density at radius 2 is 1.81 bits per heavy atom. The Labute approximate surface area is 127 Å². The number of rotatable bonds is 7. The molecule has 5 heteroatoms. The molecular formula is C16H24N2O2S. The van der Waals surface area contributed by atoms with E-state index in [0.29, 0.717) is 16.9 Å². The van der Waals surface area contributed by atoms with E-state index in [4.69, 9.17) is 0 Å². The van der Waals surface area contributed by atoms with E-state index < -0.39 is 10.0 Å². The van der Waals surface area contributed by atoms with Gasteiger partial charge < -0.3 is 5.32 Å². The molecule has 1 aromatic carbocycles. The highest BCUT2D eigenvalue weighted by molar-refractivity contribution is 7.89. The van der Waals surface area contributed by atoms with Crippen molar-refractivity contribution in [2.75, 3.05) is 0 Å². The van der Waals surface area contributed by atoms with E-state index in [9.17, 15) is 8.42 Å². The molecule has 1 aromatic rings. The predicted octanol–water partition coefficient (Wildman–Crippen LogP) is 2.41. The largest absolute Gasteiger partial charge is 0.310 e. The second-order valence-electron chi connectivity index (χ2n) is 6.40. The van der Waals surface area contributed by atoms with E-state index >= 15 is 0 Å². The van der Waals surface area contributed by atoms with Gasteiger partial charge in [0.1, 0.15) is 0 Å². The lowest BCUT2D eigenvalue weighted by atomic mass is 9.81. The van der Waals surface area contributed by atoms with E-state index in [-0.39, 0.29) is 6.04 Å². The van der Waals surface area contributed by atoms with E-state index in [1.165, 1.54) is 19.3 Å². The number of sulfonamides is 1. The highest BCUT2D eigenvalue weighted by Gasteiger charge is 2.27. The smallest absolute Gasteiger partial charge is 0.240 e. The van der Waals surface area contributed by atoms with Gasteiger partial charge in [0.15, 0.2) is 0 Å². The monoisotopic (exact) mass is 308 g/mol. The SMILES string of the molecule is CC(NS(=O)(=O)c1ccc(CNC2CC2)cc1)C1CCC1. The van der Waals surface area contributed by atoms with E-state index in [1.807, 2.05) is 19.1 Å². The lowest BCUT2D eigenvalue weighted by molar-refractivity contribution is 0.260. The molecule has 2 aliphatic rings. The Bertz CT molecular complexity index is 575. The standard InChI is InChI=1S/C16H24N2O2S/c1-12(14-3-2-4-14)18-21(19,20)16-9-5-13(6-10-16)11-17-15-7-8-15/h5-6,9-10,12,14-15,17-18H,2-4,7-8,11H2,1H3. The molecule has 0 amide bonds. The molecule has 0 heterocycles. The van der Waals surface area contributed by atoms with Crippen molar-refractivity contribution in [2.45, 2.75) is 62.6 Å². The van der Waals surface area contributed by atoms with Crippen LogP contribution in [0.5, 0.6) is 0 Å². The maximum atomic E-state index is 12.3. The second-order valence-corrected chi connectivity index (χ2v) is 8.11. The first-order chi connectivity index (χ1) is 10.0. The summed E-state index contributed by atoms with van der Waals surface area (Å²) in [5.74, 6) is 0.502. The molecule has 2 N–H and O–H groups in total. The van der Waals surface area contributed by atoms with Gasteiger partial charge in [-0.1, -0.05) is 18.6 Å². The normalized spacial score (nSPS) is 21.0. The van der Waals surface area contributed by atoms with Crippen LogP contribution in [0.2, 0.25) is 0 Å². The molecule has 21 heavy (non-hydrogen) atoms. The Kier molecular flexibility index (Phi) is 4.33. The summed E-state index contributed by atoms with van der Waals surface area (Å²) in [6, 6.07) is 7.91. The summed E-state index contributed by atoms with van der Waals surface area (Å²) in [6.45, 7) is 2.78. The summed E-state index contributed by atoms with van der Waals surface area (Å²) in [4.78, 5) is 0.365. The quantitative estimate of drug-likeness (QED) is 0.813. The molecule has 2 saturated carbocycles. The Morgan fingerprint density at radius 3 is 2.33 bits per heavy atom. The van der Waals surface area contributed by atoms with Gasteiger partial charge in [0.05, 0.1) is 4.90 Å². The zero-order valence-corrected chi connectivity index (χ0v) is 13.3. The van der Waals surface area contributed by atoms with Crippen molar-refractivity contribution in [3.8, 4) is 0 Å². The molecule has 3 rings (SSSR count). The fraction of sp³-hybridized carbons (Fsp3) is 0.625. The van der Waals surface area contributed by atoms with Crippen LogP contribution in [-0.4, -0.2) is 20.5 Å². The molecule has 1 unspecified atom stereocenters. The Balaban J connectivity index is 1.60. The molecule has 116 valence electrons. The van der Waals surface area contributed by atoms with Crippen LogP contribution in [0.25, 0.3) is 0 Å². The topological polar surface area (TPSA) is 58.2 Å². The van der Waals surface area contributed by atoms with Crippen LogP contribution in [-0.2, 0) is 16.6 Å². The van der Waals surface area contributed by atoms with Gasteiger partial charge in [-0.2, -0.15) is 0 Å². The molecule has 2 fully saturated rings. The third kappa shape index (κ3) is 3.84. The molecule has 1 atom stereocenters. The van der Waals surface area contributed by atoms with Crippen molar-refractivity contribution >= 4 is 10.0 Å². The van der Waals surface area contributed by atoms with Crippen LogP contribution in [0.4, 0.5) is 0 Å². The zero-order valence-electron chi connectivity index (χ0n) is 12.5. The molecule has 2 aliphatic carbocycles. The van der Waals surface area contributed by atoms with Crippen LogP contribution in [0.1, 0.15) is 44.6 Å². The highest BCUT2D eigenvalue weighted by atomic mass is 32.2. The fourth-order valence-electron chi connectivity index (χ4n) is 2.68. The first kappa shape index (κ1) is 15.0. The van der Waals surface area contributed by atoms with Gasteiger partial charge in [-0.05, 0) is 56.2 Å². The average molecular weight is 308 g/mol. The van der Waals surface area contributed by atoms with Crippen molar-refractivity contribution in [3.63, 3.8) is 0 Å². The molecule has 0 radical (unpaired) electrons. The highest BCUT2D eigenvalue weighted by Crippen LogP contribution is 2.30. The number of hydrogen-bond acceptors (Lipinski definition) is 3. The van der Waals surface area contributed by atoms with Crippen molar-refractivity contribution in [1.29, 1.82) is 0 Å². The average Bonchev–Trinajstić information content (AvgIpc) is 3.18. The molecule has 4 nitrogen and oxygen atoms in total. The summed E-state index contributed by atoms with van der Waals surface area (Å²) < 4.78 is 27.5. The first-order valence-electron chi connectivity index (χ1n) is 7.89. The van der Waals surface area contributed by atoms with Crippen LogP contribution in [0.15, 0.2) is 29.2 Å². The van der Waals surface area contributed by atoms with Gasteiger partial charge in [0, 0.05) is 18.6 Å². The van der Waals surface area contributed by atoms with Crippen LogP contribution >= 0.6 is 0 Å². The van der Waals surface area contributed by atoms with Crippen molar-refractivity contribution in [3.05, 3.63) is 29.8 Å². The maximum Gasteiger partial charge on any atom is 0.240 e. The number of benzene rings is 1. The minimum atomic E-state index is -3.39. The summed E-state index contributed by atoms with van der Waals surface area (Å²) in [5, 5.41) is 3.43. The lowest BCUT2D eigenvalue weighted by Crippen LogP contribution is -2.40. The van der Waals surface area contributed by atoms with E-state index in [1.54, 1.807) is 12.1 Å². The van der Waals surface area contributed by atoms with Crippen LogP contribution < -0.4 is 10.0 Å². The summed E-state index contributed by atoms with van der Waals surface area (Å²) in [6.07, 6.45) is 6.01. The van der Waals surface area contributed by atoms with E-state index in [0.717, 1.165) is 24.9 Å².